The zero-order chi connectivity index (χ0) is 13.0. The maximum atomic E-state index is 11.7. The molecule has 1 aromatic carbocycles. The van der Waals surface area contributed by atoms with E-state index in [1.54, 1.807) is 11.9 Å². The number of hydrogen-bond donors (Lipinski definition) is 0. The lowest BCUT2D eigenvalue weighted by molar-refractivity contribution is -0.135. The molecule has 0 N–H and O–H groups in total. The van der Waals surface area contributed by atoms with E-state index in [4.69, 9.17) is 14.2 Å². The smallest absolute Gasteiger partial charge is 0.248 e. The molecule has 0 atom stereocenters. The minimum atomic E-state index is -0.0329. The first-order valence-corrected chi connectivity index (χ1v) is 5.91. The first-order chi connectivity index (χ1) is 8.70. The van der Waals surface area contributed by atoms with E-state index >= 15 is 0 Å². The van der Waals surface area contributed by atoms with Gasteiger partial charge in [-0.25, -0.2) is 0 Å². The van der Waals surface area contributed by atoms with Crippen LogP contribution in [-0.4, -0.2) is 37.9 Å². The summed E-state index contributed by atoms with van der Waals surface area (Å²) in [6, 6.07) is 5.68. The molecule has 18 heavy (non-hydrogen) atoms. The summed E-state index contributed by atoms with van der Waals surface area (Å²) in [7, 11) is 1.76. The molecular formula is C13H17NO4. The van der Waals surface area contributed by atoms with Gasteiger partial charge in [0, 0.05) is 20.2 Å². The van der Waals surface area contributed by atoms with Gasteiger partial charge in [0.1, 0.15) is 6.61 Å². The standard InChI is InChI=1S/C13H17NO4/c1-3-16-8-13(15)14(2)7-10-4-5-11-12(6-10)18-9-17-11/h4-6H,3,7-9H2,1-2H3. The van der Waals surface area contributed by atoms with Gasteiger partial charge in [-0.15, -0.1) is 0 Å². The van der Waals surface area contributed by atoms with Gasteiger partial charge in [0.2, 0.25) is 12.7 Å². The number of fused-ring (bicyclic) bond motifs is 1. The van der Waals surface area contributed by atoms with Crippen molar-refractivity contribution in [2.75, 3.05) is 27.1 Å². The maximum absolute atomic E-state index is 11.7. The Kier molecular flexibility index (Phi) is 4.04. The molecule has 98 valence electrons. The molecule has 0 aliphatic carbocycles. The molecule has 0 saturated carbocycles. The monoisotopic (exact) mass is 251 g/mol. The topological polar surface area (TPSA) is 48.0 Å². The van der Waals surface area contributed by atoms with E-state index in [0.29, 0.717) is 13.2 Å². The van der Waals surface area contributed by atoms with Gasteiger partial charge in [-0.2, -0.15) is 0 Å². The largest absolute Gasteiger partial charge is 0.454 e. The van der Waals surface area contributed by atoms with Crippen molar-refractivity contribution in [2.24, 2.45) is 0 Å². The number of carbonyl (C=O) groups is 1. The molecule has 1 aliphatic rings. The molecule has 0 radical (unpaired) electrons. The van der Waals surface area contributed by atoms with Gasteiger partial charge < -0.3 is 19.1 Å². The normalized spacial score (nSPS) is 12.6. The van der Waals surface area contributed by atoms with Gasteiger partial charge in [0.25, 0.3) is 0 Å². The lowest BCUT2D eigenvalue weighted by Crippen LogP contribution is -2.29. The van der Waals surface area contributed by atoms with E-state index in [2.05, 4.69) is 0 Å². The summed E-state index contributed by atoms with van der Waals surface area (Å²) in [6.45, 7) is 3.33. The predicted octanol–water partition coefficient (Wildman–Crippen LogP) is 1.41. The third-order valence-electron chi connectivity index (χ3n) is 2.71. The molecule has 2 rings (SSSR count). The summed E-state index contributed by atoms with van der Waals surface area (Å²) in [5, 5.41) is 0. The molecule has 0 saturated heterocycles. The molecule has 1 heterocycles. The Morgan fingerprint density at radius 3 is 2.94 bits per heavy atom. The van der Waals surface area contributed by atoms with Crippen LogP contribution in [0.5, 0.6) is 11.5 Å². The van der Waals surface area contributed by atoms with Crippen molar-refractivity contribution in [3.8, 4) is 11.5 Å². The second-order valence-corrected chi connectivity index (χ2v) is 4.07. The predicted molar refractivity (Wildman–Crippen MR) is 65.5 cm³/mol. The number of hydrogen-bond acceptors (Lipinski definition) is 4. The van der Waals surface area contributed by atoms with Crippen molar-refractivity contribution < 1.29 is 19.0 Å². The number of ether oxygens (including phenoxy) is 3. The zero-order valence-electron chi connectivity index (χ0n) is 10.6. The minimum Gasteiger partial charge on any atom is -0.454 e. The first kappa shape index (κ1) is 12.7. The van der Waals surface area contributed by atoms with Crippen LogP contribution in [-0.2, 0) is 16.1 Å². The second-order valence-electron chi connectivity index (χ2n) is 4.07. The quantitative estimate of drug-likeness (QED) is 0.794. The van der Waals surface area contributed by atoms with E-state index in [0.717, 1.165) is 17.1 Å². The van der Waals surface area contributed by atoms with E-state index in [-0.39, 0.29) is 19.3 Å². The number of nitrogens with zero attached hydrogens (tertiary/aromatic N) is 1. The molecule has 5 heteroatoms. The van der Waals surface area contributed by atoms with Gasteiger partial charge >= 0.3 is 0 Å². The Morgan fingerprint density at radius 1 is 1.39 bits per heavy atom. The number of benzene rings is 1. The summed E-state index contributed by atoms with van der Waals surface area (Å²) in [6.07, 6.45) is 0. The van der Waals surface area contributed by atoms with Gasteiger partial charge in [0.05, 0.1) is 0 Å². The third-order valence-corrected chi connectivity index (χ3v) is 2.71. The SMILES string of the molecule is CCOCC(=O)N(C)Cc1ccc2c(c1)OCO2. The van der Waals surface area contributed by atoms with Crippen LogP contribution in [0.4, 0.5) is 0 Å². The fourth-order valence-corrected chi connectivity index (χ4v) is 1.70. The molecule has 1 aromatic rings. The summed E-state index contributed by atoms with van der Waals surface area (Å²) in [4.78, 5) is 13.3. The van der Waals surface area contributed by atoms with E-state index in [1.807, 2.05) is 25.1 Å². The van der Waals surface area contributed by atoms with E-state index in [9.17, 15) is 4.79 Å². The Bertz CT molecular complexity index is 433. The van der Waals surface area contributed by atoms with Crippen molar-refractivity contribution >= 4 is 5.91 Å². The van der Waals surface area contributed by atoms with E-state index in [1.165, 1.54) is 0 Å². The summed E-state index contributed by atoms with van der Waals surface area (Å²) < 4.78 is 15.6. The summed E-state index contributed by atoms with van der Waals surface area (Å²) >= 11 is 0. The van der Waals surface area contributed by atoms with Crippen LogP contribution in [0.25, 0.3) is 0 Å². The summed E-state index contributed by atoms with van der Waals surface area (Å²) in [5.74, 6) is 1.45. The highest BCUT2D eigenvalue weighted by Crippen LogP contribution is 2.32. The Labute approximate surface area is 106 Å². The molecule has 1 aliphatic heterocycles. The third kappa shape index (κ3) is 2.92. The van der Waals surface area contributed by atoms with Crippen molar-refractivity contribution in [1.82, 2.24) is 4.90 Å². The van der Waals surface area contributed by atoms with Gasteiger partial charge in [0.15, 0.2) is 11.5 Å². The first-order valence-electron chi connectivity index (χ1n) is 5.91. The van der Waals surface area contributed by atoms with Gasteiger partial charge in [-0.3, -0.25) is 4.79 Å². The highest BCUT2D eigenvalue weighted by atomic mass is 16.7. The lowest BCUT2D eigenvalue weighted by Gasteiger charge is -2.17. The second kappa shape index (κ2) is 5.73. The fraction of sp³-hybridized carbons (Fsp3) is 0.462. The lowest BCUT2D eigenvalue weighted by atomic mass is 10.2. The zero-order valence-corrected chi connectivity index (χ0v) is 10.6. The number of likely N-dealkylation sites (N-methyl/N-ethyl adjacent to an activating group) is 1. The van der Waals surface area contributed by atoms with Crippen molar-refractivity contribution in [1.29, 1.82) is 0 Å². The molecule has 1 amide bonds. The molecule has 0 spiro atoms. The van der Waals surface area contributed by atoms with Crippen molar-refractivity contribution in [3.05, 3.63) is 23.8 Å². The van der Waals surface area contributed by atoms with Crippen LogP contribution in [0, 0.1) is 0 Å². The van der Waals surface area contributed by atoms with Crippen LogP contribution in [0.1, 0.15) is 12.5 Å². The number of carbonyl (C=O) groups excluding carboxylic acids is 1. The molecule has 0 aromatic heterocycles. The summed E-state index contributed by atoms with van der Waals surface area (Å²) in [5.41, 5.74) is 1.01. The van der Waals surface area contributed by atoms with Crippen LogP contribution in [0.15, 0.2) is 18.2 Å². The minimum absolute atomic E-state index is 0.0329. The average Bonchev–Trinajstić information content (AvgIpc) is 2.83. The highest BCUT2D eigenvalue weighted by molar-refractivity contribution is 5.77. The molecule has 5 nitrogen and oxygen atoms in total. The Balaban J connectivity index is 1.94. The van der Waals surface area contributed by atoms with Crippen LogP contribution in [0.3, 0.4) is 0 Å². The Hall–Kier alpha value is -1.75. The van der Waals surface area contributed by atoms with Crippen molar-refractivity contribution in [2.45, 2.75) is 13.5 Å². The van der Waals surface area contributed by atoms with E-state index < -0.39 is 0 Å². The van der Waals surface area contributed by atoms with Gasteiger partial charge in [-0.1, -0.05) is 6.07 Å². The van der Waals surface area contributed by atoms with Crippen LogP contribution >= 0.6 is 0 Å². The van der Waals surface area contributed by atoms with Crippen LogP contribution < -0.4 is 9.47 Å². The van der Waals surface area contributed by atoms with Crippen molar-refractivity contribution in [3.63, 3.8) is 0 Å². The van der Waals surface area contributed by atoms with Crippen LogP contribution in [0.2, 0.25) is 0 Å². The number of rotatable bonds is 5. The number of amides is 1. The fourth-order valence-electron chi connectivity index (χ4n) is 1.70. The average molecular weight is 251 g/mol. The Morgan fingerprint density at radius 2 is 2.17 bits per heavy atom. The highest BCUT2D eigenvalue weighted by Gasteiger charge is 2.15. The molecule has 0 fully saturated rings. The molecular weight excluding hydrogens is 234 g/mol. The van der Waals surface area contributed by atoms with Gasteiger partial charge in [-0.05, 0) is 24.6 Å². The molecule has 0 bridgehead atoms. The maximum Gasteiger partial charge on any atom is 0.248 e. The molecule has 0 unspecified atom stereocenters.